The summed E-state index contributed by atoms with van der Waals surface area (Å²) in [4.78, 5) is 20.8. The SMILES string of the molecule is Cc1cnc(C(=O)Cc2ccc(Cl)s2)cn1. The van der Waals surface area contributed by atoms with Crippen LogP contribution in [0.2, 0.25) is 4.34 Å². The Labute approximate surface area is 102 Å². The fourth-order valence-electron chi connectivity index (χ4n) is 1.23. The Kier molecular flexibility index (Phi) is 3.31. The molecule has 0 saturated heterocycles. The summed E-state index contributed by atoms with van der Waals surface area (Å²) in [6, 6.07) is 3.64. The first-order valence-corrected chi connectivity index (χ1v) is 5.90. The molecule has 0 amide bonds. The van der Waals surface area contributed by atoms with Gasteiger partial charge in [0.25, 0.3) is 0 Å². The number of nitrogens with zero attached hydrogens (tertiary/aromatic N) is 2. The first kappa shape index (κ1) is 11.2. The monoisotopic (exact) mass is 252 g/mol. The maximum Gasteiger partial charge on any atom is 0.187 e. The fraction of sp³-hybridized carbons (Fsp3) is 0.182. The third kappa shape index (κ3) is 2.65. The van der Waals surface area contributed by atoms with Gasteiger partial charge in [0, 0.05) is 17.5 Å². The van der Waals surface area contributed by atoms with Crippen LogP contribution in [-0.4, -0.2) is 15.8 Å². The number of aromatic nitrogens is 2. The lowest BCUT2D eigenvalue weighted by atomic mass is 10.2. The molecule has 5 heteroatoms. The number of ketones is 1. The zero-order chi connectivity index (χ0) is 11.5. The summed E-state index contributed by atoms with van der Waals surface area (Å²) in [5, 5.41) is 0. The molecule has 82 valence electrons. The van der Waals surface area contributed by atoms with Crippen LogP contribution in [0, 0.1) is 6.92 Å². The van der Waals surface area contributed by atoms with E-state index in [1.807, 2.05) is 13.0 Å². The summed E-state index contributed by atoms with van der Waals surface area (Å²) in [5.41, 5.74) is 1.20. The van der Waals surface area contributed by atoms with Crippen LogP contribution >= 0.6 is 22.9 Å². The van der Waals surface area contributed by atoms with Crippen molar-refractivity contribution in [3.8, 4) is 0 Å². The highest BCUT2D eigenvalue weighted by atomic mass is 35.5. The van der Waals surface area contributed by atoms with Crippen LogP contribution in [0.15, 0.2) is 24.5 Å². The maximum atomic E-state index is 11.8. The Balaban J connectivity index is 2.11. The number of aryl methyl sites for hydroxylation is 1. The average Bonchev–Trinajstić information content (AvgIpc) is 2.65. The standard InChI is InChI=1S/C11H9ClN2OS/c1-7-5-14-9(6-13-7)10(15)4-8-2-3-11(12)16-8/h2-3,5-6H,4H2,1H3. The average molecular weight is 253 g/mol. The van der Waals surface area contributed by atoms with Crippen molar-refractivity contribution in [2.45, 2.75) is 13.3 Å². The first-order valence-electron chi connectivity index (χ1n) is 4.71. The molecule has 0 unspecified atom stereocenters. The van der Waals surface area contributed by atoms with Gasteiger partial charge in [0.1, 0.15) is 5.69 Å². The Morgan fingerprint density at radius 2 is 2.19 bits per heavy atom. The van der Waals surface area contributed by atoms with Gasteiger partial charge >= 0.3 is 0 Å². The molecule has 0 radical (unpaired) electrons. The molecule has 0 N–H and O–H groups in total. The lowest BCUT2D eigenvalue weighted by Crippen LogP contribution is -2.05. The smallest absolute Gasteiger partial charge is 0.187 e. The highest BCUT2D eigenvalue weighted by Gasteiger charge is 2.10. The second-order valence-electron chi connectivity index (χ2n) is 3.35. The number of hydrogen-bond donors (Lipinski definition) is 0. The highest BCUT2D eigenvalue weighted by Crippen LogP contribution is 2.22. The molecule has 0 aromatic carbocycles. The molecule has 3 nitrogen and oxygen atoms in total. The van der Waals surface area contributed by atoms with Gasteiger partial charge in [-0.05, 0) is 19.1 Å². The second kappa shape index (κ2) is 4.72. The summed E-state index contributed by atoms with van der Waals surface area (Å²) in [7, 11) is 0. The van der Waals surface area contributed by atoms with Gasteiger partial charge in [-0.2, -0.15) is 0 Å². The first-order chi connectivity index (χ1) is 7.65. The third-order valence-corrected chi connectivity index (χ3v) is 3.26. The molecule has 0 spiro atoms. The molecule has 0 atom stereocenters. The van der Waals surface area contributed by atoms with Gasteiger partial charge in [0.2, 0.25) is 0 Å². The van der Waals surface area contributed by atoms with E-state index < -0.39 is 0 Å². The van der Waals surface area contributed by atoms with Crippen LogP contribution in [0.25, 0.3) is 0 Å². The van der Waals surface area contributed by atoms with Crippen molar-refractivity contribution in [2.75, 3.05) is 0 Å². The number of carbonyl (C=O) groups is 1. The number of hydrogen-bond acceptors (Lipinski definition) is 4. The molecule has 2 aromatic heterocycles. The van der Waals surface area contributed by atoms with Gasteiger partial charge in [0.05, 0.1) is 16.2 Å². The van der Waals surface area contributed by atoms with E-state index in [-0.39, 0.29) is 5.78 Å². The van der Waals surface area contributed by atoms with E-state index in [2.05, 4.69) is 9.97 Å². The number of Topliss-reactive ketones (excluding diaryl/α,β-unsaturated/α-hetero) is 1. The minimum absolute atomic E-state index is 0.0361. The zero-order valence-corrected chi connectivity index (χ0v) is 10.2. The number of thiophene rings is 1. The number of carbonyl (C=O) groups excluding carboxylic acids is 1. The molecule has 0 bridgehead atoms. The summed E-state index contributed by atoms with van der Waals surface area (Å²) < 4.78 is 0.692. The van der Waals surface area contributed by atoms with E-state index in [1.54, 1.807) is 12.3 Å². The molecule has 0 fully saturated rings. The Bertz CT molecular complexity index is 507. The van der Waals surface area contributed by atoms with Gasteiger partial charge < -0.3 is 0 Å². The van der Waals surface area contributed by atoms with Crippen molar-refractivity contribution >= 4 is 28.7 Å². The Morgan fingerprint density at radius 3 is 2.75 bits per heavy atom. The van der Waals surface area contributed by atoms with Gasteiger partial charge in [0.15, 0.2) is 5.78 Å². The lowest BCUT2D eigenvalue weighted by molar-refractivity contribution is 0.0988. The topological polar surface area (TPSA) is 42.9 Å². The molecular formula is C11H9ClN2OS. The molecule has 2 rings (SSSR count). The maximum absolute atomic E-state index is 11.8. The third-order valence-electron chi connectivity index (χ3n) is 2.03. The van der Waals surface area contributed by atoms with Crippen LogP contribution in [0.5, 0.6) is 0 Å². The summed E-state index contributed by atoms with van der Waals surface area (Å²) in [5.74, 6) is -0.0361. The minimum atomic E-state index is -0.0361. The van der Waals surface area contributed by atoms with Gasteiger partial charge in [-0.1, -0.05) is 11.6 Å². The van der Waals surface area contributed by atoms with Crippen LogP contribution in [0.4, 0.5) is 0 Å². The van der Waals surface area contributed by atoms with Crippen molar-refractivity contribution in [1.82, 2.24) is 9.97 Å². The van der Waals surface area contributed by atoms with E-state index in [4.69, 9.17) is 11.6 Å². The van der Waals surface area contributed by atoms with E-state index >= 15 is 0 Å². The predicted octanol–water partition coefficient (Wildman–Crippen LogP) is 2.93. The molecule has 0 saturated carbocycles. The minimum Gasteiger partial charge on any atom is -0.292 e. The van der Waals surface area contributed by atoms with Crippen molar-refractivity contribution in [3.63, 3.8) is 0 Å². The van der Waals surface area contributed by atoms with Crippen molar-refractivity contribution in [3.05, 3.63) is 45.1 Å². The highest BCUT2D eigenvalue weighted by molar-refractivity contribution is 7.16. The normalized spacial score (nSPS) is 10.4. The Hall–Kier alpha value is -1.26. The molecule has 0 aliphatic carbocycles. The summed E-state index contributed by atoms with van der Waals surface area (Å²) in [6.45, 7) is 1.83. The van der Waals surface area contributed by atoms with E-state index in [0.29, 0.717) is 16.5 Å². The largest absolute Gasteiger partial charge is 0.292 e. The number of halogens is 1. The van der Waals surface area contributed by atoms with Gasteiger partial charge in [-0.3, -0.25) is 9.78 Å². The molecule has 0 aliphatic heterocycles. The van der Waals surface area contributed by atoms with E-state index in [0.717, 1.165) is 10.6 Å². The summed E-state index contributed by atoms with van der Waals surface area (Å²) in [6.07, 6.45) is 3.43. The van der Waals surface area contributed by atoms with Crippen LogP contribution in [-0.2, 0) is 6.42 Å². The molecule has 0 aliphatic rings. The quantitative estimate of drug-likeness (QED) is 0.789. The van der Waals surface area contributed by atoms with Gasteiger partial charge in [-0.15, -0.1) is 11.3 Å². The van der Waals surface area contributed by atoms with Crippen LogP contribution < -0.4 is 0 Å². The van der Waals surface area contributed by atoms with Crippen molar-refractivity contribution in [1.29, 1.82) is 0 Å². The molecular weight excluding hydrogens is 244 g/mol. The van der Waals surface area contributed by atoms with E-state index in [1.165, 1.54) is 17.5 Å². The Morgan fingerprint density at radius 1 is 1.38 bits per heavy atom. The van der Waals surface area contributed by atoms with E-state index in [9.17, 15) is 4.79 Å². The van der Waals surface area contributed by atoms with Gasteiger partial charge in [-0.25, -0.2) is 4.98 Å². The van der Waals surface area contributed by atoms with Crippen molar-refractivity contribution < 1.29 is 4.79 Å². The molecule has 2 heterocycles. The van der Waals surface area contributed by atoms with Crippen LogP contribution in [0.1, 0.15) is 21.1 Å². The molecule has 2 aromatic rings. The molecule has 16 heavy (non-hydrogen) atoms. The van der Waals surface area contributed by atoms with Crippen LogP contribution in [0.3, 0.4) is 0 Å². The number of rotatable bonds is 3. The summed E-state index contributed by atoms with van der Waals surface area (Å²) >= 11 is 7.20. The lowest BCUT2D eigenvalue weighted by Gasteiger charge is -1.98. The fourth-order valence-corrected chi connectivity index (χ4v) is 2.32. The van der Waals surface area contributed by atoms with Crippen molar-refractivity contribution in [2.24, 2.45) is 0 Å². The predicted molar refractivity (Wildman–Crippen MR) is 64.1 cm³/mol. The second-order valence-corrected chi connectivity index (χ2v) is 5.15. The zero-order valence-electron chi connectivity index (χ0n) is 8.61.